The van der Waals surface area contributed by atoms with E-state index in [-0.39, 0.29) is 10.0 Å². The molecule has 0 saturated heterocycles. The van der Waals surface area contributed by atoms with Crippen LogP contribution in [0.25, 0.3) is 0 Å². The highest BCUT2D eigenvalue weighted by atomic mass is 32.2. The molecule has 0 unspecified atom stereocenters. The number of hydrogen-bond acceptors (Lipinski definition) is 4. The quantitative estimate of drug-likeness (QED) is 0.431. The Bertz CT molecular complexity index is 498. The summed E-state index contributed by atoms with van der Waals surface area (Å²) in [7, 11) is -3.62. The van der Waals surface area contributed by atoms with Gasteiger partial charge in [0, 0.05) is 12.2 Å². The van der Waals surface area contributed by atoms with Crippen LogP contribution in [0.4, 0.5) is 5.69 Å². The average Bonchev–Trinajstić information content (AvgIpc) is 2.29. The van der Waals surface area contributed by atoms with Crippen LogP contribution in [0.3, 0.4) is 0 Å². The summed E-state index contributed by atoms with van der Waals surface area (Å²) in [5, 5.41) is 2.95. The molecule has 0 atom stereocenters. The van der Waals surface area contributed by atoms with Crippen LogP contribution < -0.4 is 15.8 Å². The molecule has 0 heterocycles. The highest BCUT2D eigenvalue weighted by Crippen LogP contribution is 2.11. The average molecular weight is 287 g/mol. The van der Waals surface area contributed by atoms with Gasteiger partial charge in [0.25, 0.3) is 10.0 Å². The van der Waals surface area contributed by atoms with Crippen LogP contribution in [-0.2, 0) is 10.0 Å². The van der Waals surface area contributed by atoms with E-state index in [9.17, 15) is 8.42 Å². The van der Waals surface area contributed by atoms with Gasteiger partial charge in [0.1, 0.15) is 0 Å². The van der Waals surface area contributed by atoms with E-state index >= 15 is 0 Å². The van der Waals surface area contributed by atoms with Crippen molar-refractivity contribution in [3.8, 4) is 0 Å². The molecule has 4 N–H and O–H groups in total. The number of thiocarbonyl (C=S) groups is 1. The second-order valence-corrected chi connectivity index (χ2v) is 5.87. The Morgan fingerprint density at radius 1 is 1.33 bits per heavy atom. The van der Waals surface area contributed by atoms with Crippen LogP contribution in [0.1, 0.15) is 19.8 Å². The fourth-order valence-electron chi connectivity index (χ4n) is 1.24. The standard InChI is InChI=1S/C11H17N3O2S2/c1-2-3-8-13-11(17)14-18(15,16)10-6-4-9(12)5-7-10/h4-7H,2-3,8,12H2,1H3,(H2,13,14,17). The van der Waals surface area contributed by atoms with E-state index in [1.807, 2.05) is 6.92 Å². The summed E-state index contributed by atoms with van der Waals surface area (Å²) in [6, 6.07) is 5.93. The molecular formula is C11H17N3O2S2. The van der Waals surface area contributed by atoms with Gasteiger partial charge in [0.2, 0.25) is 0 Å². The third-order valence-electron chi connectivity index (χ3n) is 2.23. The fraction of sp³-hybridized carbons (Fsp3) is 0.364. The summed E-state index contributed by atoms with van der Waals surface area (Å²) in [6.45, 7) is 2.70. The van der Waals surface area contributed by atoms with E-state index < -0.39 is 10.0 Å². The number of nitrogen functional groups attached to an aromatic ring is 1. The maximum Gasteiger partial charge on any atom is 0.263 e. The van der Waals surface area contributed by atoms with E-state index in [2.05, 4.69) is 10.0 Å². The zero-order chi connectivity index (χ0) is 13.6. The fourth-order valence-corrected chi connectivity index (χ4v) is 2.60. The molecular weight excluding hydrogens is 270 g/mol. The van der Waals surface area contributed by atoms with E-state index in [0.717, 1.165) is 12.8 Å². The summed E-state index contributed by atoms with van der Waals surface area (Å²) in [5.41, 5.74) is 6.01. The second-order valence-electron chi connectivity index (χ2n) is 3.78. The molecule has 0 saturated carbocycles. The SMILES string of the molecule is CCCCNC(=S)NS(=O)(=O)c1ccc(N)cc1. The molecule has 7 heteroatoms. The van der Waals surface area contributed by atoms with Crippen molar-refractivity contribution in [3.05, 3.63) is 24.3 Å². The largest absolute Gasteiger partial charge is 0.399 e. The van der Waals surface area contributed by atoms with Crippen LogP contribution >= 0.6 is 12.2 Å². The summed E-state index contributed by atoms with van der Waals surface area (Å²) >= 11 is 4.92. The van der Waals surface area contributed by atoms with Gasteiger partial charge in [-0.3, -0.25) is 4.72 Å². The summed E-state index contributed by atoms with van der Waals surface area (Å²) < 4.78 is 26.1. The Morgan fingerprint density at radius 2 is 1.94 bits per heavy atom. The van der Waals surface area contributed by atoms with Gasteiger partial charge in [-0.1, -0.05) is 13.3 Å². The topological polar surface area (TPSA) is 84.2 Å². The molecule has 0 aliphatic rings. The normalized spacial score (nSPS) is 10.9. The first-order chi connectivity index (χ1) is 8.45. The molecule has 0 aliphatic carbocycles. The molecule has 5 nitrogen and oxygen atoms in total. The first-order valence-electron chi connectivity index (χ1n) is 5.62. The lowest BCUT2D eigenvalue weighted by molar-refractivity contribution is 0.592. The molecule has 1 rings (SSSR count). The summed E-state index contributed by atoms with van der Waals surface area (Å²) in [5.74, 6) is 0. The number of rotatable bonds is 5. The van der Waals surface area contributed by atoms with E-state index in [1.54, 1.807) is 0 Å². The zero-order valence-corrected chi connectivity index (χ0v) is 11.8. The number of hydrogen-bond donors (Lipinski definition) is 3. The van der Waals surface area contributed by atoms with E-state index in [1.165, 1.54) is 24.3 Å². The Labute approximate surface area is 113 Å². The van der Waals surface area contributed by atoms with Crippen molar-refractivity contribution < 1.29 is 8.42 Å². The molecule has 0 fully saturated rings. The van der Waals surface area contributed by atoms with E-state index in [0.29, 0.717) is 12.2 Å². The molecule has 0 spiro atoms. The van der Waals surface area contributed by atoms with Crippen LogP contribution in [0, 0.1) is 0 Å². The maximum absolute atomic E-state index is 11.9. The lowest BCUT2D eigenvalue weighted by atomic mass is 10.3. The summed E-state index contributed by atoms with van der Waals surface area (Å²) in [6.07, 6.45) is 1.95. The van der Waals surface area contributed by atoms with Crippen LogP contribution in [0.5, 0.6) is 0 Å². The van der Waals surface area contributed by atoms with E-state index in [4.69, 9.17) is 18.0 Å². The van der Waals surface area contributed by atoms with Gasteiger partial charge in [-0.05, 0) is 42.9 Å². The molecule has 0 aliphatic heterocycles. The first kappa shape index (κ1) is 14.7. The van der Waals surface area contributed by atoms with Gasteiger partial charge < -0.3 is 11.1 Å². The molecule has 0 amide bonds. The Balaban J connectivity index is 2.64. The second kappa shape index (κ2) is 6.55. The number of nitrogens with two attached hydrogens (primary N) is 1. The summed E-state index contributed by atoms with van der Waals surface area (Å²) in [4.78, 5) is 0.136. The van der Waals surface area contributed by atoms with Gasteiger partial charge in [0.15, 0.2) is 5.11 Å². The monoisotopic (exact) mass is 287 g/mol. The Hall–Kier alpha value is -1.34. The molecule has 1 aromatic rings. The lowest BCUT2D eigenvalue weighted by Gasteiger charge is -2.10. The molecule has 18 heavy (non-hydrogen) atoms. The van der Waals surface area contributed by atoms with Crippen molar-refractivity contribution in [2.45, 2.75) is 24.7 Å². The molecule has 0 aromatic heterocycles. The minimum Gasteiger partial charge on any atom is -0.399 e. The minimum absolute atomic E-state index is 0.111. The predicted octanol–water partition coefficient (Wildman–Crippen LogP) is 1.22. The van der Waals surface area contributed by atoms with Gasteiger partial charge in [-0.2, -0.15) is 0 Å². The predicted molar refractivity (Wildman–Crippen MR) is 76.7 cm³/mol. The third-order valence-corrected chi connectivity index (χ3v) is 3.97. The maximum atomic E-state index is 11.9. The van der Waals surface area contributed by atoms with Gasteiger partial charge >= 0.3 is 0 Å². The van der Waals surface area contributed by atoms with Gasteiger partial charge in [0.05, 0.1) is 4.90 Å². The molecule has 0 bridgehead atoms. The van der Waals surface area contributed by atoms with Crippen molar-refractivity contribution in [2.75, 3.05) is 12.3 Å². The van der Waals surface area contributed by atoms with Crippen molar-refractivity contribution in [2.24, 2.45) is 0 Å². The van der Waals surface area contributed by atoms with Crippen molar-refractivity contribution in [3.63, 3.8) is 0 Å². The zero-order valence-electron chi connectivity index (χ0n) is 10.1. The van der Waals surface area contributed by atoms with Crippen LogP contribution in [-0.4, -0.2) is 20.1 Å². The Morgan fingerprint density at radius 3 is 2.50 bits per heavy atom. The van der Waals surface area contributed by atoms with Crippen molar-refractivity contribution in [1.29, 1.82) is 0 Å². The third kappa shape index (κ3) is 4.50. The lowest BCUT2D eigenvalue weighted by Crippen LogP contribution is -2.39. The Kier molecular flexibility index (Phi) is 5.36. The van der Waals surface area contributed by atoms with Crippen molar-refractivity contribution in [1.82, 2.24) is 10.0 Å². The number of benzene rings is 1. The highest BCUT2D eigenvalue weighted by Gasteiger charge is 2.14. The molecule has 100 valence electrons. The smallest absolute Gasteiger partial charge is 0.263 e. The van der Waals surface area contributed by atoms with Crippen LogP contribution in [0.2, 0.25) is 0 Å². The molecule has 0 radical (unpaired) electrons. The molecule has 1 aromatic carbocycles. The number of nitrogens with one attached hydrogen (secondary N) is 2. The number of unbranched alkanes of at least 4 members (excludes halogenated alkanes) is 1. The van der Waals surface area contributed by atoms with Gasteiger partial charge in [-0.25, -0.2) is 8.42 Å². The van der Waals surface area contributed by atoms with Gasteiger partial charge in [-0.15, -0.1) is 0 Å². The minimum atomic E-state index is -3.62. The number of sulfonamides is 1. The first-order valence-corrected chi connectivity index (χ1v) is 7.51. The highest BCUT2D eigenvalue weighted by molar-refractivity contribution is 7.91. The van der Waals surface area contributed by atoms with Crippen molar-refractivity contribution >= 4 is 33.0 Å². The van der Waals surface area contributed by atoms with Crippen LogP contribution in [0.15, 0.2) is 29.2 Å². The number of anilines is 1.